The second kappa shape index (κ2) is 7.83. The lowest BCUT2D eigenvalue weighted by Crippen LogP contribution is -2.26. The zero-order valence-corrected chi connectivity index (χ0v) is 17.2. The molecule has 0 radical (unpaired) electrons. The first-order chi connectivity index (χ1) is 14.7. The van der Waals surface area contributed by atoms with Crippen LogP contribution in [0.25, 0.3) is 0 Å². The first-order valence-corrected chi connectivity index (χ1v) is 10.8. The van der Waals surface area contributed by atoms with E-state index in [1.54, 1.807) is 0 Å². The number of benzene rings is 3. The lowest BCUT2D eigenvalue weighted by Gasteiger charge is -2.30. The predicted octanol–water partition coefficient (Wildman–Crippen LogP) is 6.23. The molecule has 2 aliphatic rings. The Balaban J connectivity index is 1.60. The van der Waals surface area contributed by atoms with Crippen LogP contribution in [0.15, 0.2) is 90.1 Å². The molecule has 150 valence electrons. The summed E-state index contributed by atoms with van der Waals surface area (Å²) in [6.07, 6.45) is 2.39. The molecule has 0 aromatic heterocycles. The van der Waals surface area contributed by atoms with Crippen LogP contribution in [0.1, 0.15) is 48.4 Å². The first-order valence-electron chi connectivity index (χ1n) is 10.8. The van der Waals surface area contributed by atoms with Crippen molar-refractivity contribution in [2.45, 2.75) is 38.1 Å². The molecule has 3 aromatic rings. The molecule has 0 fully saturated rings. The zero-order chi connectivity index (χ0) is 20.5. The molecule has 5 rings (SSSR count). The van der Waals surface area contributed by atoms with Crippen molar-refractivity contribution in [1.29, 1.82) is 0 Å². The molecule has 30 heavy (non-hydrogen) atoms. The van der Waals surface area contributed by atoms with Gasteiger partial charge in [0.1, 0.15) is 0 Å². The normalized spacial score (nSPS) is 20.5. The Labute approximate surface area is 177 Å². The number of fused-ring (bicyclic) bond motifs is 1. The molecule has 0 saturated heterocycles. The van der Waals surface area contributed by atoms with Crippen LogP contribution < -0.4 is 10.6 Å². The third kappa shape index (κ3) is 3.41. The van der Waals surface area contributed by atoms with Gasteiger partial charge in [0.2, 0.25) is 0 Å². The fourth-order valence-electron chi connectivity index (χ4n) is 4.65. The van der Waals surface area contributed by atoms with Gasteiger partial charge in [0, 0.05) is 17.7 Å². The van der Waals surface area contributed by atoms with Gasteiger partial charge in [0.25, 0.3) is 0 Å². The molecule has 1 heterocycles. The molecule has 0 unspecified atom stereocenters. The van der Waals surface area contributed by atoms with Crippen molar-refractivity contribution >= 4 is 17.2 Å². The molecule has 0 amide bonds. The molecule has 3 nitrogen and oxygen atoms in total. The van der Waals surface area contributed by atoms with E-state index < -0.39 is 0 Å². The van der Waals surface area contributed by atoms with E-state index in [9.17, 15) is 4.79 Å². The maximum atomic E-state index is 13.5. The summed E-state index contributed by atoms with van der Waals surface area (Å²) in [7, 11) is 0. The Morgan fingerprint density at radius 1 is 0.800 bits per heavy atom. The Hall–Kier alpha value is -3.33. The lowest BCUT2D eigenvalue weighted by atomic mass is 9.78. The summed E-state index contributed by atoms with van der Waals surface area (Å²) in [5.41, 5.74) is 7.64. The van der Waals surface area contributed by atoms with Gasteiger partial charge in [-0.1, -0.05) is 73.7 Å². The average molecular weight is 395 g/mol. The summed E-state index contributed by atoms with van der Waals surface area (Å²) in [5, 5.41) is 7.27. The van der Waals surface area contributed by atoms with Crippen LogP contribution in [0, 0.1) is 0 Å². The maximum Gasteiger partial charge on any atom is 0.163 e. The second-order valence-corrected chi connectivity index (χ2v) is 8.17. The van der Waals surface area contributed by atoms with Gasteiger partial charge in [0.15, 0.2) is 5.78 Å². The Morgan fingerprint density at radius 3 is 2.23 bits per heavy atom. The van der Waals surface area contributed by atoms with Gasteiger partial charge < -0.3 is 10.6 Å². The minimum absolute atomic E-state index is 0.147. The molecule has 2 N–H and O–H groups in total. The number of ketones is 1. The average Bonchev–Trinajstić information content (AvgIpc) is 2.96. The summed E-state index contributed by atoms with van der Waals surface area (Å²) < 4.78 is 0. The van der Waals surface area contributed by atoms with Crippen molar-refractivity contribution in [3.63, 3.8) is 0 Å². The molecule has 2 atom stereocenters. The zero-order valence-electron chi connectivity index (χ0n) is 17.2. The molecule has 1 aliphatic carbocycles. The van der Waals surface area contributed by atoms with Crippen molar-refractivity contribution < 1.29 is 4.79 Å². The number of aryl methyl sites for hydroxylation is 1. The summed E-state index contributed by atoms with van der Waals surface area (Å²) in [6, 6.07) is 27.1. The van der Waals surface area contributed by atoms with Gasteiger partial charge in [-0.2, -0.15) is 0 Å². The van der Waals surface area contributed by atoms with Crippen molar-refractivity contribution in [2.24, 2.45) is 0 Å². The van der Waals surface area contributed by atoms with Crippen LogP contribution in [0.5, 0.6) is 0 Å². The topological polar surface area (TPSA) is 41.1 Å². The number of hydrogen-bond acceptors (Lipinski definition) is 3. The van der Waals surface area contributed by atoms with E-state index in [1.165, 1.54) is 11.1 Å². The van der Waals surface area contributed by atoms with Crippen LogP contribution in [-0.4, -0.2) is 5.78 Å². The van der Waals surface area contributed by atoms with Gasteiger partial charge in [-0.25, -0.2) is 0 Å². The smallest absolute Gasteiger partial charge is 0.163 e. The van der Waals surface area contributed by atoms with Gasteiger partial charge in [0.05, 0.1) is 17.4 Å². The molecular weight excluding hydrogens is 368 g/mol. The molecule has 0 saturated carbocycles. The van der Waals surface area contributed by atoms with Crippen molar-refractivity contribution in [3.05, 3.63) is 107 Å². The lowest BCUT2D eigenvalue weighted by molar-refractivity contribution is -0.116. The maximum absolute atomic E-state index is 13.5. The number of allylic oxidation sites excluding steroid dienone is 1. The molecule has 3 aromatic carbocycles. The number of para-hydroxylation sites is 2. The quantitative estimate of drug-likeness (QED) is 0.553. The minimum atomic E-state index is -0.147. The Morgan fingerprint density at radius 2 is 1.50 bits per heavy atom. The predicted molar refractivity (Wildman–Crippen MR) is 123 cm³/mol. The number of hydrogen-bond donors (Lipinski definition) is 2. The van der Waals surface area contributed by atoms with Crippen molar-refractivity contribution in [1.82, 2.24) is 0 Å². The third-order valence-electron chi connectivity index (χ3n) is 6.30. The molecular formula is C27H26N2O. The van der Waals surface area contributed by atoms with E-state index in [0.29, 0.717) is 6.42 Å². The Bertz CT molecular complexity index is 1100. The van der Waals surface area contributed by atoms with E-state index >= 15 is 0 Å². The van der Waals surface area contributed by atoms with Crippen molar-refractivity contribution in [3.8, 4) is 0 Å². The Kier molecular flexibility index (Phi) is 4.88. The van der Waals surface area contributed by atoms with Crippen LogP contribution in [-0.2, 0) is 11.2 Å². The van der Waals surface area contributed by atoms with Crippen LogP contribution in [0.2, 0.25) is 0 Å². The number of Topliss-reactive ketones (excluding diaryl/α,β-unsaturated/α-hetero) is 1. The van der Waals surface area contributed by atoms with E-state index in [1.807, 2.05) is 18.2 Å². The fourth-order valence-corrected chi connectivity index (χ4v) is 4.65. The summed E-state index contributed by atoms with van der Waals surface area (Å²) in [5.74, 6) is 0.431. The van der Waals surface area contributed by atoms with Gasteiger partial charge in [-0.05, 0) is 47.6 Å². The van der Waals surface area contributed by atoms with Crippen molar-refractivity contribution in [2.75, 3.05) is 10.6 Å². The van der Waals surface area contributed by atoms with Crippen LogP contribution in [0.4, 0.5) is 11.4 Å². The number of carbonyl (C=O) groups is 1. The molecule has 3 heteroatoms. The van der Waals surface area contributed by atoms with Gasteiger partial charge >= 0.3 is 0 Å². The van der Waals surface area contributed by atoms with Gasteiger partial charge in [-0.15, -0.1) is 0 Å². The summed E-state index contributed by atoms with van der Waals surface area (Å²) in [6.45, 7) is 2.16. The van der Waals surface area contributed by atoms with E-state index in [4.69, 9.17) is 0 Å². The minimum Gasteiger partial charge on any atom is -0.372 e. The van der Waals surface area contributed by atoms with E-state index in [2.05, 4.69) is 78.2 Å². The standard InChI is InChI=1S/C27H26N2O/c1-2-18-12-14-20(15-13-18)27-26-24(28-22-10-6-7-11-23(22)29-27)16-21(17-25(26)30)19-8-4-3-5-9-19/h3-15,21,27-29H,2,16-17H2,1H3/t21-,27-/m1/s1. The van der Waals surface area contributed by atoms with E-state index in [-0.39, 0.29) is 17.7 Å². The highest BCUT2D eigenvalue weighted by atomic mass is 16.1. The van der Waals surface area contributed by atoms with Crippen LogP contribution >= 0.6 is 0 Å². The van der Waals surface area contributed by atoms with Crippen LogP contribution in [0.3, 0.4) is 0 Å². The second-order valence-electron chi connectivity index (χ2n) is 8.17. The third-order valence-corrected chi connectivity index (χ3v) is 6.30. The highest BCUT2D eigenvalue weighted by Crippen LogP contribution is 2.44. The fraction of sp³-hybridized carbons (Fsp3) is 0.222. The summed E-state index contributed by atoms with van der Waals surface area (Å²) >= 11 is 0. The molecule has 0 spiro atoms. The molecule has 1 aliphatic heterocycles. The van der Waals surface area contributed by atoms with Gasteiger partial charge in [-0.3, -0.25) is 4.79 Å². The number of rotatable bonds is 3. The largest absolute Gasteiger partial charge is 0.372 e. The monoisotopic (exact) mass is 394 g/mol. The first kappa shape index (κ1) is 18.7. The summed E-state index contributed by atoms with van der Waals surface area (Å²) in [4.78, 5) is 13.5. The highest BCUT2D eigenvalue weighted by molar-refractivity contribution is 6.01. The SMILES string of the molecule is CCc1ccc([C@H]2Nc3ccccc3NC3=C2C(=O)C[C@H](c2ccccc2)C3)cc1. The molecule has 0 bridgehead atoms. The highest BCUT2D eigenvalue weighted by Gasteiger charge is 2.35. The number of carbonyl (C=O) groups excluding carboxylic acids is 1. The van der Waals surface area contributed by atoms with E-state index in [0.717, 1.165) is 41.1 Å². The number of anilines is 2. The number of nitrogens with one attached hydrogen (secondary N) is 2.